The van der Waals surface area contributed by atoms with Gasteiger partial charge in [0.2, 0.25) is 0 Å². The van der Waals surface area contributed by atoms with Crippen molar-refractivity contribution in [2.24, 2.45) is 0 Å². The van der Waals surface area contributed by atoms with Crippen LogP contribution in [0.3, 0.4) is 0 Å². The summed E-state index contributed by atoms with van der Waals surface area (Å²) in [6, 6.07) is 12.4. The molecule has 148 valence electrons. The second-order valence-corrected chi connectivity index (χ2v) is 6.65. The lowest BCUT2D eigenvalue weighted by Crippen LogP contribution is -2.50. The number of thiocarbonyl (C=S) groups is 1. The van der Waals surface area contributed by atoms with Crippen LogP contribution in [0.4, 0.5) is 0 Å². The third kappa shape index (κ3) is 7.05. The molecule has 0 saturated heterocycles. The number of benzene rings is 2. The Morgan fingerprint density at radius 3 is 2.25 bits per heavy atom. The summed E-state index contributed by atoms with van der Waals surface area (Å²) < 4.78 is 10.8. The van der Waals surface area contributed by atoms with Crippen LogP contribution >= 0.6 is 23.8 Å². The van der Waals surface area contributed by atoms with Crippen LogP contribution in [0, 0.1) is 13.8 Å². The molecule has 0 aliphatic carbocycles. The number of hydrogen-bond acceptors (Lipinski definition) is 5. The number of aryl methyl sites for hydroxylation is 2. The Balaban J connectivity index is 1.67. The molecule has 7 nitrogen and oxygen atoms in total. The molecule has 0 atom stereocenters. The summed E-state index contributed by atoms with van der Waals surface area (Å²) >= 11 is 10.8. The number of nitrogens with one attached hydrogen (secondary N) is 3. The summed E-state index contributed by atoms with van der Waals surface area (Å²) in [6.45, 7) is 3.26. The molecule has 2 rings (SSSR count). The van der Waals surface area contributed by atoms with Crippen LogP contribution in [0.15, 0.2) is 42.5 Å². The highest BCUT2D eigenvalue weighted by Gasteiger charge is 2.09. The molecule has 0 unspecified atom stereocenters. The van der Waals surface area contributed by atoms with E-state index >= 15 is 0 Å². The number of para-hydroxylation sites is 1. The molecule has 0 fully saturated rings. The van der Waals surface area contributed by atoms with Crippen molar-refractivity contribution in [3.05, 3.63) is 58.6 Å². The van der Waals surface area contributed by atoms with Crippen molar-refractivity contribution in [1.82, 2.24) is 16.2 Å². The first kappa shape index (κ1) is 21.5. The van der Waals surface area contributed by atoms with E-state index in [1.54, 1.807) is 24.3 Å². The number of hydrazine groups is 1. The molecule has 0 spiro atoms. The van der Waals surface area contributed by atoms with E-state index in [9.17, 15) is 9.59 Å². The van der Waals surface area contributed by atoms with Gasteiger partial charge in [-0.2, -0.15) is 0 Å². The van der Waals surface area contributed by atoms with Crippen LogP contribution in [-0.4, -0.2) is 30.1 Å². The van der Waals surface area contributed by atoms with Crippen molar-refractivity contribution in [3.63, 3.8) is 0 Å². The summed E-state index contributed by atoms with van der Waals surface area (Å²) in [4.78, 5) is 23.7. The van der Waals surface area contributed by atoms with Gasteiger partial charge in [-0.25, -0.2) is 0 Å². The van der Waals surface area contributed by atoms with E-state index in [4.69, 9.17) is 33.3 Å². The lowest BCUT2D eigenvalue weighted by Gasteiger charge is -2.13. The van der Waals surface area contributed by atoms with Crippen LogP contribution in [0.5, 0.6) is 11.5 Å². The third-order valence-electron chi connectivity index (χ3n) is 3.52. The van der Waals surface area contributed by atoms with Crippen molar-refractivity contribution < 1.29 is 19.1 Å². The van der Waals surface area contributed by atoms with Gasteiger partial charge in [0.1, 0.15) is 11.5 Å². The Labute approximate surface area is 173 Å². The van der Waals surface area contributed by atoms with Gasteiger partial charge in [-0.15, -0.1) is 0 Å². The van der Waals surface area contributed by atoms with Crippen molar-refractivity contribution >= 4 is 40.7 Å². The molecule has 3 N–H and O–H groups in total. The standard InChI is InChI=1S/C19H20ClN3O4S/c1-12-5-3-4-6-15(12)26-10-17(24)21-19(28)23-22-18(25)11-27-16-8-7-14(20)9-13(16)2/h3-9H,10-11H2,1-2H3,(H,22,25)(H2,21,23,24,28). The van der Waals surface area contributed by atoms with Gasteiger partial charge in [-0.3, -0.25) is 25.8 Å². The van der Waals surface area contributed by atoms with Crippen LogP contribution in [0.1, 0.15) is 11.1 Å². The summed E-state index contributed by atoms with van der Waals surface area (Å²) in [5.74, 6) is 0.230. The molecular weight excluding hydrogens is 402 g/mol. The van der Waals surface area contributed by atoms with Crippen LogP contribution in [0.2, 0.25) is 5.02 Å². The minimum absolute atomic E-state index is 0.0607. The van der Waals surface area contributed by atoms with Gasteiger partial charge >= 0.3 is 0 Å². The Morgan fingerprint density at radius 1 is 0.929 bits per heavy atom. The average Bonchev–Trinajstić information content (AvgIpc) is 2.65. The highest BCUT2D eigenvalue weighted by Crippen LogP contribution is 2.21. The summed E-state index contributed by atoms with van der Waals surface area (Å²) in [6.07, 6.45) is 0. The maximum Gasteiger partial charge on any atom is 0.276 e. The smallest absolute Gasteiger partial charge is 0.276 e. The zero-order chi connectivity index (χ0) is 20.5. The molecule has 2 aromatic rings. The maximum atomic E-state index is 11.8. The number of ether oxygens (including phenoxy) is 2. The summed E-state index contributed by atoms with van der Waals surface area (Å²) in [7, 11) is 0. The Hall–Kier alpha value is -2.84. The van der Waals surface area contributed by atoms with Crippen LogP contribution < -0.4 is 25.6 Å². The zero-order valence-electron chi connectivity index (χ0n) is 15.4. The van der Waals surface area contributed by atoms with Gasteiger partial charge in [-0.05, 0) is 61.5 Å². The molecule has 2 amide bonds. The maximum absolute atomic E-state index is 11.8. The molecule has 0 saturated carbocycles. The fraction of sp³-hybridized carbons (Fsp3) is 0.211. The lowest BCUT2D eigenvalue weighted by molar-refractivity contribution is -0.124. The van der Waals surface area contributed by atoms with E-state index in [2.05, 4.69) is 16.2 Å². The second-order valence-electron chi connectivity index (χ2n) is 5.80. The van der Waals surface area contributed by atoms with E-state index in [1.807, 2.05) is 32.0 Å². The van der Waals surface area contributed by atoms with E-state index in [-0.39, 0.29) is 18.3 Å². The minimum atomic E-state index is -0.470. The molecule has 0 radical (unpaired) electrons. The minimum Gasteiger partial charge on any atom is -0.483 e. The SMILES string of the molecule is Cc1cc(Cl)ccc1OCC(=O)NNC(=S)NC(=O)COc1ccccc1C. The number of hydrogen-bond donors (Lipinski definition) is 3. The van der Waals surface area contributed by atoms with Crippen molar-refractivity contribution in [1.29, 1.82) is 0 Å². The predicted molar refractivity (Wildman–Crippen MR) is 110 cm³/mol. The van der Waals surface area contributed by atoms with Crippen LogP contribution in [-0.2, 0) is 9.59 Å². The number of rotatable bonds is 6. The zero-order valence-corrected chi connectivity index (χ0v) is 16.9. The normalized spacial score (nSPS) is 9.96. The molecule has 9 heteroatoms. The third-order valence-corrected chi connectivity index (χ3v) is 3.96. The van der Waals surface area contributed by atoms with Gasteiger partial charge in [0.05, 0.1) is 0 Å². The second kappa shape index (κ2) is 10.5. The molecule has 0 aliphatic heterocycles. The van der Waals surface area contributed by atoms with Crippen LogP contribution in [0.25, 0.3) is 0 Å². The van der Waals surface area contributed by atoms with Gasteiger partial charge in [0.15, 0.2) is 18.3 Å². The lowest BCUT2D eigenvalue weighted by atomic mass is 10.2. The average molecular weight is 422 g/mol. The van der Waals surface area contributed by atoms with Crippen molar-refractivity contribution in [2.75, 3.05) is 13.2 Å². The summed E-state index contributed by atoms with van der Waals surface area (Å²) in [5.41, 5.74) is 6.49. The number of halogens is 1. The molecule has 0 aromatic heterocycles. The van der Waals surface area contributed by atoms with Gasteiger partial charge in [0, 0.05) is 5.02 Å². The Bertz CT molecular complexity index is 876. The van der Waals surface area contributed by atoms with E-state index in [0.717, 1.165) is 11.1 Å². The molecule has 0 bridgehead atoms. The Kier molecular flexibility index (Phi) is 8.03. The van der Waals surface area contributed by atoms with E-state index < -0.39 is 11.8 Å². The van der Waals surface area contributed by atoms with Gasteiger partial charge in [0.25, 0.3) is 11.8 Å². The fourth-order valence-electron chi connectivity index (χ4n) is 2.14. The number of carbonyl (C=O) groups excluding carboxylic acids is 2. The van der Waals surface area contributed by atoms with E-state index in [0.29, 0.717) is 16.5 Å². The predicted octanol–water partition coefficient (Wildman–Crippen LogP) is 2.44. The largest absolute Gasteiger partial charge is 0.483 e. The first-order chi connectivity index (χ1) is 13.3. The molecule has 0 aliphatic rings. The van der Waals surface area contributed by atoms with E-state index in [1.165, 1.54) is 0 Å². The quantitative estimate of drug-likeness (QED) is 0.490. The Morgan fingerprint density at radius 2 is 1.57 bits per heavy atom. The van der Waals surface area contributed by atoms with Crippen molar-refractivity contribution in [3.8, 4) is 11.5 Å². The topological polar surface area (TPSA) is 88.7 Å². The van der Waals surface area contributed by atoms with Gasteiger partial charge in [-0.1, -0.05) is 29.8 Å². The molecule has 28 heavy (non-hydrogen) atoms. The monoisotopic (exact) mass is 421 g/mol. The van der Waals surface area contributed by atoms with Crippen molar-refractivity contribution in [2.45, 2.75) is 13.8 Å². The molecule has 0 heterocycles. The number of amides is 2. The highest BCUT2D eigenvalue weighted by atomic mass is 35.5. The highest BCUT2D eigenvalue weighted by molar-refractivity contribution is 7.80. The van der Waals surface area contributed by atoms with Gasteiger partial charge < -0.3 is 9.47 Å². The molecule has 2 aromatic carbocycles. The summed E-state index contributed by atoms with van der Waals surface area (Å²) in [5, 5.41) is 2.93. The fourth-order valence-corrected chi connectivity index (χ4v) is 2.53. The first-order valence-corrected chi connectivity index (χ1v) is 9.10. The molecular formula is C19H20ClN3O4S. The first-order valence-electron chi connectivity index (χ1n) is 8.31. The number of carbonyl (C=O) groups is 2.